The Hall–Kier alpha value is -3.19. The van der Waals surface area contributed by atoms with E-state index in [4.69, 9.17) is 10.2 Å². The van der Waals surface area contributed by atoms with E-state index < -0.39 is 5.97 Å². The van der Waals surface area contributed by atoms with Crippen LogP contribution < -0.4 is 11.2 Å². The van der Waals surface area contributed by atoms with Crippen LogP contribution in [-0.2, 0) is 0 Å². The number of nitrogens with zero attached hydrogens (tertiary/aromatic N) is 1. The summed E-state index contributed by atoms with van der Waals surface area (Å²) in [5, 5.41) is 19.2. The Bertz CT molecular complexity index is 1150. The van der Waals surface area contributed by atoms with Gasteiger partial charge in [0.15, 0.2) is 0 Å². The van der Waals surface area contributed by atoms with Crippen molar-refractivity contribution in [2.45, 2.75) is 25.4 Å². The van der Waals surface area contributed by atoms with Gasteiger partial charge in [0.05, 0.1) is 16.9 Å². The van der Waals surface area contributed by atoms with E-state index in [-0.39, 0.29) is 34.0 Å². The van der Waals surface area contributed by atoms with Crippen molar-refractivity contribution in [2.24, 2.45) is 0 Å². The minimum atomic E-state index is -1.25. The molecule has 0 saturated heterocycles. The minimum Gasteiger partial charge on any atom is -0.478 e. The number of carbonyl (C=O) groups is 1. The monoisotopic (exact) mass is 352 g/mol. The third kappa shape index (κ3) is 2.62. The molecule has 0 bridgehead atoms. The number of fused-ring (bicyclic) bond motifs is 2. The molecular formula is C19H16N2O5. The second-order valence-corrected chi connectivity index (χ2v) is 6.38. The smallest absolute Gasteiger partial charge is 0.339 e. The maximum atomic E-state index is 12.9. The first-order valence-electron chi connectivity index (χ1n) is 8.22. The SMILES string of the molecule is Nc1nc2oc3ccc(C4=CCC(O)CC4)cc3c(=O)c2cc1C(=O)O. The molecule has 4 N–H and O–H groups in total. The van der Waals surface area contributed by atoms with Crippen molar-refractivity contribution in [1.29, 1.82) is 0 Å². The molecule has 1 aliphatic rings. The standard InChI is InChI=1S/C19H16N2O5/c20-17-14(19(24)25)8-13-16(23)12-7-10(9-1-4-11(22)5-2-9)3-6-15(12)26-18(13)21-17/h1,3,6-8,11,22H,2,4-5H2,(H2,20,21)(H,24,25). The summed E-state index contributed by atoms with van der Waals surface area (Å²) in [6, 6.07) is 6.49. The summed E-state index contributed by atoms with van der Waals surface area (Å²) < 4.78 is 5.66. The number of aliphatic hydroxyl groups is 1. The number of hydrogen-bond acceptors (Lipinski definition) is 6. The van der Waals surface area contributed by atoms with Crippen molar-refractivity contribution in [3.05, 3.63) is 51.7 Å². The molecule has 2 heterocycles. The Labute approximate surface area is 147 Å². The van der Waals surface area contributed by atoms with Crippen molar-refractivity contribution in [1.82, 2.24) is 4.98 Å². The molecule has 1 aliphatic carbocycles. The molecule has 3 aromatic rings. The summed E-state index contributed by atoms with van der Waals surface area (Å²) in [5.41, 5.74) is 7.37. The number of carboxylic acid groups (broad SMARTS) is 1. The number of anilines is 1. The minimum absolute atomic E-state index is 0.0118. The van der Waals surface area contributed by atoms with E-state index in [0.29, 0.717) is 23.8 Å². The van der Waals surface area contributed by atoms with E-state index >= 15 is 0 Å². The number of hydrogen-bond donors (Lipinski definition) is 3. The molecule has 4 rings (SSSR count). The maximum absolute atomic E-state index is 12.9. The molecule has 7 nitrogen and oxygen atoms in total. The zero-order valence-electron chi connectivity index (χ0n) is 13.7. The van der Waals surface area contributed by atoms with Crippen LogP contribution in [0.15, 0.2) is 39.6 Å². The van der Waals surface area contributed by atoms with Crippen LogP contribution in [0, 0.1) is 0 Å². The highest BCUT2D eigenvalue weighted by molar-refractivity contribution is 5.98. The lowest BCUT2D eigenvalue weighted by Crippen LogP contribution is -2.11. The fraction of sp³-hybridized carbons (Fsp3) is 0.211. The fourth-order valence-electron chi connectivity index (χ4n) is 3.25. The van der Waals surface area contributed by atoms with E-state index in [1.807, 2.05) is 12.1 Å². The molecule has 1 aromatic carbocycles. The van der Waals surface area contributed by atoms with Crippen molar-refractivity contribution in [2.75, 3.05) is 5.73 Å². The number of nitrogens with two attached hydrogens (primary N) is 1. The molecule has 0 radical (unpaired) electrons. The lowest BCUT2D eigenvalue weighted by Gasteiger charge is -2.17. The van der Waals surface area contributed by atoms with E-state index in [0.717, 1.165) is 17.6 Å². The first kappa shape index (κ1) is 16.3. The lowest BCUT2D eigenvalue weighted by molar-refractivity contribution is 0.0698. The van der Waals surface area contributed by atoms with Gasteiger partial charge in [-0.1, -0.05) is 12.1 Å². The summed E-state index contributed by atoms with van der Waals surface area (Å²) in [7, 11) is 0. The molecule has 7 heteroatoms. The molecule has 0 amide bonds. The molecule has 1 unspecified atom stereocenters. The molecule has 0 saturated carbocycles. The number of aromatic nitrogens is 1. The predicted molar refractivity (Wildman–Crippen MR) is 97.0 cm³/mol. The number of benzene rings is 1. The van der Waals surface area contributed by atoms with Gasteiger partial charge in [-0.3, -0.25) is 4.79 Å². The normalized spacial score (nSPS) is 17.4. The third-order valence-corrected chi connectivity index (χ3v) is 4.68. The average molecular weight is 352 g/mol. The summed E-state index contributed by atoms with van der Waals surface area (Å²) in [6.07, 6.45) is 3.65. The van der Waals surface area contributed by atoms with Crippen LogP contribution in [0.3, 0.4) is 0 Å². The van der Waals surface area contributed by atoms with Crippen molar-refractivity contribution in [3.63, 3.8) is 0 Å². The van der Waals surface area contributed by atoms with Crippen LogP contribution in [0.25, 0.3) is 27.6 Å². The third-order valence-electron chi connectivity index (χ3n) is 4.68. The van der Waals surface area contributed by atoms with Crippen LogP contribution in [0.1, 0.15) is 35.2 Å². The summed E-state index contributed by atoms with van der Waals surface area (Å²) in [5.74, 6) is -1.45. The molecule has 0 spiro atoms. The zero-order chi connectivity index (χ0) is 18.4. The molecular weight excluding hydrogens is 336 g/mol. The number of aliphatic hydroxyl groups excluding tert-OH is 1. The lowest BCUT2D eigenvalue weighted by atomic mass is 9.91. The largest absolute Gasteiger partial charge is 0.478 e. The molecule has 2 aromatic heterocycles. The van der Waals surface area contributed by atoms with Gasteiger partial charge in [-0.2, -0.15) is 4.98 Å². The Kier molecular flexibility index (Phi) is 3.73. The average Bonchev–Trinajstić information content (AvgIpc) is 2.62. The number of carboxylic acids is 1. The highest BCUT2D eigenvalue weighted by atomic mass is 16.4. The van der Waals surface area contributed by atoms with Gasteiger partial charge in [-0.05, 0) is 48.6 Å². The Morgan fingerprint density at radius 1 is 1.27 bits per heavy atom. The van der Waals surface area contributed by atoms with Gasteiger partial charge in [0, 0.05) is 0 Å². The zero-order valence-corrected chi connectivity index (χ0v) is 13.7. The molecule has 26 heavy (non-hydrogen) atoms. The van der Waals surface area contributed by atoms with Gasteiger partial charge in [-0.25, -0.2) is 4.79 Å². The number of rotatable bonds is 2. The summed E-state index contributed by atoms with van der Waals surface area (Å²) >= 11 is 0. The van der Waals surface area contributed by atoms with Crippen LogP contribution in [0.2, 0.25) is 0 Å². The van der Waals surface area contributed by atoms with E-state index in [1.165, 1.54) is 6.07 Å². The Morgan fingerprint density at radius 3 is 2.77 bits per heavy atom. The maximum Gasteiger partial charge on any atom is 0.339 e. The van der Waals surface area contributed by atoms with Crippen molar-refractivity contribution >= 4 is 39.4 Å². The van der Waals surface area contributed by atoms with E-state index in [9.17, 15) is 19.8 Å². The fourth-order valence-corrected chi connectivity index (χ4v) is 3.25. The topological polar surface area (TPSA) is 127 Å². The highest BCUT2D eigenvalue weighted by Gasteiger charge is 2.18. The molecule has 0 fully saturated rings. The van der Waals surface area contributed by atoms with Crippen LogP contribution in [-0.4, -0.2) is 27.3 Å². The second-order valence-electron chi connectivity index (χ2n) is 6.38. The van der Waals surface area contributed by atoms with Crippen molar-refractivity contribution in [3.8, 4) is 0 Å². The predicted octanol–water partition coefficient (Wildman–Crippen LogP) is 2.55. The summed E-state index contributed by atoms with van der Waals surface area (Å²) in [4.78, 5) is 28.0. The van der Waals surface area contributed by atoms with Crippen LogP contribution >= 0.6 is 0 Å². The molecule has 0 aliphatic heterocycles. The second kappa shape index (κ2) is 5.96. The first-order chi connectivity index (χ1) is 12.4. The van der Waals surface area contributed by atoms with E-state index in [2.05, 4.69) is 4.98 Å². The molecule has 1 atom stereocenters. The Balaban J connectivity index is 1.94. The van der Waals surface area contributed by atoms with E-state index in [1.54, 1.807) is 12.1 Å². The number of allylic oxidation sites excluding steroid dienone is 1. The number of nitrogen functional groups attached to an aromatic ring is 1. The van der Waals surface area contributed by atoms with Crippen LogP contribution in [0.5, 0.6) is 0 Å². The van der Waals surface area contributed by atoms with Gasteiger partial charge in [0.2, 0.25) is 11.1 Å². The van der Waals surface area contributed by atoms with Gasteiger partial charge in [0.25, 0.3) is 0 Å². The molecule has 132 valence electrons. The van der Waals surface area contributed by atoms with Gasteiger partial charge >= 0.3 is 5.97 Å². The number of pyridine rings is 1. The van der Waals surface area contributed by atoms with Crippen molar-refractivity contribution < 1.29 is 19.4 Å². The van der Waals surface area contributed by atoms with Gasteiger partial charge in [-0.15, -0.1) is 0 Å². The van der Waals surface area contributed by atoms with Gasteiger partial charge < -0.3 is 20.4 Å². The quantitative estimate of drug-likeness (QED) is 0.605. The summed E-state index contributed by atoms with van der Waals surface area (Å²) in [6.45, 7) is 0. The Morgan fingerprint density at radius 2 is 2.08 bits per heavy atom. The van der Waals surface area contributed by atoms with Gasteiger partial charge in [0.1, 0.15) is 17.0 Å². The van der Waals surface area contributed by atoms with Crippen LogP contribution in [0.4, 0.5) is 5.82 Å². The number of aromatic carboxylic acids is 1. The first-order valence-corrected chi connectivity index (χ1v) is 8.22. The highest BCUT2D eigenvalue weighted by Crippen LogP contribution is 2.29.